The van der Waals surface area contributed by atoms with E-state index in [1.807, 2.05) is 0 Å². The van der Waals surface area contributed by atoms with Crippen molar-refractivity contribution >= 4 is 12.0 Å². The average molecular weight is 276 g/mol. The van der Waals surface area contributed by atoms with Crippen molar-refractivity contribution in [1.29, 1.82) is 0 Å². The molecule has 0 rings (SSSR count). The summed E-state index contributed by atoms with van der Waals surface area (Å²) < 4.78 is 9.97. The van der Waals surface area contributed by atoms with Crippen LogP contribution in [0.1, 0.15) is 26.7 Å². The maximum absolute atomic E-state index is 11.6. The minimum atomic E-state index is -1.21. The van der Waals surface area contributed by atoms with Crippen molar-refractivity contribution in [3.8, 4) is 0 Å². The van der Waals surface area contributed by atoms with Crippen LogP contribution in [-0.4, -0.2) is 56.1 Å². The first-order chi connectivity index (χ1) is 9.02. The molecule has 0 aliphatic heterocycles. The number of ether oxygens (including phenoxy) is 2. The molecule has 0 saturated carbocycles. The zero-order valence-electron chi connectivity index (χ0n) is 11.8. The van der Waals surface area contributed by atoms with Gasteiger partial charge in [-0.3, -0.25) is 0 Å². The Balaban J connectivity index is 3.98. The molecule has 0 aliphatic rings. The minimum absolute atomic E-state index is 0.318. The summed E-state index contributed by atoms with van der Waals surface area (Å²) in [6.07, 6.45) is 0.660. The molecule has 0 unspecified atom stereocenters. The second-order valence-electron chi connectivity index (χ2n) is 4.08. The van der Waals surface area contributed by atoms with E-state index in [-0.39, 0.29) is 0 Å². The third-order valence-electron chi connectivity index (χ3n) is 2.93. The van der Waals surface area contributed by atoms with Crippen LogP contribution in [0.15, 0.2) is 0 Å². The molecule has 0 aromatic carbocycles. The number of hydrogen-bond donors (Lipinski definition) is 3. The van der Waals surface area contributed by atoms with Gasteiger partial charge < -0.3 is 25.2 Å². The maximum Gasteiger partial charge on any atom is 0.329 e. The van der Waals surface area contributed by atoms with E-state index in [1.165, 1.54) is 0 Å². The summed E-state index contributed by atoms with van der Waals surface area (Å²) in [4.78, 5) is 22.8. The molecule has 2 amide bonds. The van der Waals surface area contributed by atoms with Crippen LogP contribution in [0.25, 0.3) is 0 Å². The molecule has 19 heavy (non-hydrogen) atoms. The zero-order chi connectivity index (χ0) is 14.7. The summed E-state index contributed by atoms with van der Waals surface area (Å²) in [5.74, 6) is -1.02. The summed E-state index contributed by atoms with van der Waals surface area (Å²) in [6, 6.07) is -0.499. The van der Waals surface area contributed by atoms with Gasteiger partial charge in [0.15, 0.2) is 0 Å². The molecule has 0 saturated heterocycles. The second-order valence-corrected chi connectivity index (χ2v) is 4.08. The quantitative estimate of drug-likeness (QED) is 0.507. The topological polar surface area (TPSA) is 96.9 Å². The van der Waals surface area contributed by atoms with Crippen molar-refractivity contribution < 1.29 is 24.2 Å². The number of rotatable bonds is 10. The van der Waals surface area contributed by atoms with E-state index in [2.05, 4.69) is 10.6 Å². The van der Waals surface area contributed by atoms with Crippen LogP contribution in [0.3, 0.4) is 0 Å². The first kappa shape index (κ1) is 17.7. The fourth-order valence-corrected chi connectivity index (χ4v) is 1.53. The molecule has 7 heteroatoms. The molecule has 0 aliphatic carbocycles. The van der Waals surface area contributed by atoms with Crippen LogP contribution >= 0.6 is 0 Å². The molecule has 112 valence electrons. The van der Waals surface area contributed by atoms with E-state index in [1.54, 1.807) is 21.0 Å². The monoisotopic (exact) mass is 276 g/mol. The van der Waals surface area contributed by atoms with Gasteiger partial charge in [-0.2, -0.15) is 0 Å². The van der Waals surface area contributed by atoms with E-state index >= 15 is 0 Å². The third-order valence-corrected chi connectivity index (χ3v) is 2.93. The van der Waals surface area contributed by atoms with Crippen molar-refractivity contribution in [2.75, 3.05) is 33.5 Å². The van der Waals surface area contributed by atoms with Crippen LogP contribution in [0, 0.1) is 0 Å². The van der Waals surface area contributed by atoms with E-state index in [9.17, 15) is 9.59 Å². The third kappa shape index (κ3) is 6.40. The fraction of sp³-hybridized carbons (Fsp3) is 0.833. The predicted octanol–water partition coefficient (Wildman–Crippen LogP) is 0.592. The van der Waals surface area contributed by atoms with E-state index < -0.39 is 17.5 Å². The number of carbonyl (C=O) groups excluding carboxylic acids is 1. The van der Waals surface area contributed by atoms with Gasteiger partial charge in [0.05, 0.1) is 19.8 Å². The first-order valence-electron chi connectivity index (χ1n) is 6.38. The molecule has 7 nitrogen and oxygen atoms in total. The lowest BCUT2D eigenvalue weighted by atomic mass is 9.93. The van der Waals surface area contributed by atoms with Crippen molar-refractivity contribution in [2.24, 2.45) is 0 Å². The number of urea groups is 1. The van der Waals surface area contributed by atoms with E-state index in [0.29, 0.717) is 39.2 Å². The Morgan fingerprint density at radius 3 is 2.26 bits per heavy atom. The number of carboxylic acid groups (broad SMARTS) is 1. The number of aliphatic carboxylic acids is 1. The molecule has 0 atom stereocenters. The van der Waals surface area contributed by atoms with E-state index in [4.69, 9.17) is 14.6 Å². The lowest BCUT2D eigenvalue weighted by Crippen LogP contribution is -2.56. The van der Waals surface area contributed by atoms with Crippen LogP contribution in [0.4, 0.5) is 4.79 Å². The van der Waals surface area contributed by atoms with Gasteiger partial charge in [0.2, 0.25) is 0 Å². The standard InChI is InChI=1S/C12H24N2O5/c1-4-12(5-2,10(15)16)14-11(17)13-6-7-19-9-8-18-3/h4-9H2,1-3H3,(H,15,16)(H2,13,14,17). The SMILES string of the molecule is CCC(CC)(NC(=O)NCCOCCOC)C(=O)O. The van der Waals surface area contributed by atoms with Crippen LogP contribution in [-0.2, 0) is 14.3 Å². The number of nitrogens with one attached hydrogen (secondary N) is 2. The zero-order valence-corrected chi connectivity index (χ0v) is 11.8. The van der Waals surface area contributed by atoms with Crippen molar-refractivity contribution in [3.05, 3.63) is 0 Å². The smallest absolute Gasteiger partial charge is 0.329 e. The fourth-order valence-electron chi connectivity index (χ4n) is 1.53. The van der Waals surface area contributed by atoms with Gasteiger partial charge in [-0.25, -0.2) is 9.59 Å². The number of methoxy groups -OCH3 is 1. The Morgan fingerprint density at radius 2 is 1.79 bits per heavy atom. The second kappa shape index (κ2) is 9.57. The molecule has 0 fully saturated rings. The molecule has 0 bridgehead atoms. The Bertz CT molecular complexity index is 279. The van der Waals surface area contributed by atoms with E-state index in [0.717, 1.165) is 0 Å². The Labute approximate surface area is 113 Å². The van der Waals surface area contributed by atoms with Gasteiger partial charge in [0.1, 0.15) is 5.54 Å². The number of carbonyl (C=O) groups is 2. The molecule has 0 aromatic rings. The lowest BCUT2D eigenvalue weighted by Gasteiger charge is -2.28. The molecule has 0 spiro atoms. The molecule has 0 heterocycles. The summed E-state index contributed by atoms with van der Waals surface area (Å²) in [7, 11) is 1.58. The highest BCUT2D eigenvalue weighted by atomic mass is 16.5. The molecular weight excluding hydrogens is 252 g/mol. The Hall–Kier alpha value is -1.34. The number of carboxylic acids is 1. The number of hydrogen-bond acceptors (Lipinski definition) is 4. The molecule has 0 radical (unpaired) electrons. The summed E-state index contributed by atoms with van der Waals surface area (Å²) in [5, 5.41) is 14.2. The van der Waals surface area contributed by atoms with Crippen LogP contribution in [0.2, 0.25) is 0 Å². The molecular formula is C12H24N2O5. The highest BCUT2D eigenvalue weighted by molar-refractivity contribution is 5.86. The summed E-state index contributed by atoms with van der Waals surface area (Å²) in [6.45, 7) is 5.09. The van der Waals surface area contributed by atoms with Gasteiger partial charge in [0, 0.05) is 13.7 Å². The maximum atomic E-state index is 11.6. The molecule has 0 aromatic heterocycles. The van der Waals surface area contributed by atoms with Gasteiger partial charge in [0.25, 0.3) is 0 Å². The van der Waals surface area contributed by atoms with Crippen molar-refractivity contribution in [1.82, 2.24) is 10.6 Å². The van der Waals surface area contributed by atoms with Gasteiger partial charge in [-0.1, -0.05) is 13.8 Å². The van der Waals surface area contributed by atoms with Gasteiger partial charge in [-0.15, -0.1) is 0 Å². The normalized spacial score (nSPS) is 11.1. The lowest BCUT2D eigenvalue weighted by molar-refractivity contribution is -0.144. The number of amides is 2. The van der Waals surface area contributed by atoms with Crippen LogP contribution in [0.5, 0.6) is 0 Å². The first-order valence-corrected chi connectivity index (χ1v) is 6.38. The Morgan fingerprint density at radius 1 is 1.16 bits per heavy atom. The van der Waals surface area contributed by atoms with Crippen molar-refractivity contribution in [2.45, 2.75) is 32.2 Å². The Kier molecular flexibility index (Phi) is 8.90. The summed E-state index contributed by atoms with van der Waals surface area (Å²) in [5.41, 5.74) is -1.21. The van der Waals surface area contributed by atoms with Crippen molar-refractivity contribution in [3.63, 3.8) is 0 Å². The molecule has 3 N–H and O–H groups in total. The summed E-state index contributed by atoms with van der Waals surface area (Å²) >= 11 is 0. The van der Waals surface area contributed by atoms with Gasteiger partial charge >= 0.3 is 12.0 Å². The average Bonchev–Trinajstić information content (AvgIpc) is 2.39. The highest BCUT2D eigenvalue weighted by Crippen LogP contribution is 2.14. The highest BCUT2D eigenvalue weighted by Gasteiger charge is 2.36. The predicted molar refractivity (Wildman–Crippen MR) is 70.2 cm³/mol. The minimum Gasteiger partial charge on any atom is -0.480 e. The largest absolute Gasteiger partial charge is 0.480 e. The van der Waals surface area contributed by atoms with Gasteiger partial charge in [-0.05, 0) is 12.8 Å². The van der Waals surface area contributed by atoms with Crippen LogP contribution < -0.4 is 10.6 Å².